The maximum Gasteiger partial charge on any atom is 0.276 e. The first-order valence-corrected chi connectivity index (χ1v) is 9.36. The van der Waals surface area contributed by atoms with Gasteiger partial charge in [0, 0.05) is 17.8 Å². The lowest BCUT2D eigenvalue weighted by molar-refractivity contribution is 0.0953. The monoisotopic (exact) mass is 389 g/mol. The van der Waals surface area contributed by atoms with Crippen LogP contribution < -0.4 is 15.7 Å². The van der Waals surface area contributed by atoms with Gasteiger partial charge in [-0.2, -0.15) is 5.10 Å². The van der Waals surface area contributed by atoms with Crippen LogP contribution in [0, 0.1) is 0 Å². The van der Waals surface area contributed by atoms with Crippen molar-refractivity contribution in [1.82, 2.24) is 9.99 Å². The van der Waals surface area contributed by atoms with Crippen LogP contribution >= 0.6 is 0 Å². The van der Waals surface area contributed by atoms with E-state index in [-0.39, 0.29) is 17.2 Å². The molecule has 0 bridgehead atoms. The van der Waals surface area contributed by atoms with Gasteiger partial charge in [-0.3, -0.25) is 9.59 Å². The molecule has 0 fully saturated rings. The zero-order valence-corrected chi connectivity index (χ0v) is 16.4. The van der Waals surface area contributed by atoms with E-state index in [0.29, 0.717) is 12.4 Å². The van der Waals surface area contributed by atoms with Crippen LogP contribution in [0.25, 0.3) is 0 Å². The maximum absolute atomic E-state index is 12.4. The average molecular weight is 389 g/mol. The number of nitrogens with one attached hydrogen (secondary N) is 1. The van der Waals surface area contributed by atoms with Crippen LogP contribution in [-0.4, -0.2) is 16.7 Å². The van der Waals surface area contributed by atoms with E-state index in [2.05, 4.69) is 10.5 Å². The van der Waals surface area contributed by atoms with Gasteiger partial charge >= 0.3 is 0 Å². The van der Waals surface area contributed by atoms with Gasteiger partial charge in [0.25, 0.3) is 11.5 Å². The summed E-state index contributed by atoms with van der Waals surface area (Å²) in [6, 6.07) is 20.4. The third kappa shape index (κ3) is 5.19. The number of para-hydroxylation sites is 1. The minimum atomic E-state index is -0.552. The van der Waals surface area contributed by atoms with Crippen LogP contribution in [0.15, 0.2) is 82.8 Å². The second kappa shape index (κ2) is 9.50. The number of benzene rings is 2. The summed E-state index contributed by atoms with van der Waals surface area (Å²) < 4.78 is 7.37. The predicted octanol–water partition coefficient (Wildman–Crippen LogP) is 3.77. The Hall–Kier alpha value is -3.67. The summed E-state index contributed by atoms with van der Waals surface area (Å²) in [7, 11) is 0. The van der Waals surface area contributed by atoms with Gasteiger partial charge in [-0.05, 0) is 43.7 Å². The number of hydrazone groups is 1. The van der Waals surface area contributed by atoms with E-state index in [4.69, 9.17) is 4.74 Å². The van der Waals surface area contributed by atoms with Crippen LogP contribution in [0.4, 0.5) is 0 Å². The van der Waals surface area contributed by atoms with Crippen LogP contribution in [0.1, 0.15) is 41.4 Å². The lowest BCUT2D eigenvalue weighted by Gasteiger charge is -2.10. The van der Waals surface area contributed by atoms with Gasteiger partial charge in [0.2, 0.25) is 0 Å². The first kappa shape index (κ1) is 20.1. The molecule has 0 saturated carbocycles. The number of carbonyl (C=O) groups is 1. The summed E-state index contributed by atoms with van der Waals surface area (Å²) in [6.07, 6.45) is 3.16. The van der Waals surface area contributed by atoms with Crippen molar-refractivity contribution in [2.45, 2.75) is 26.5 Å². The number of ether oxygens (including phenoxy) is 1. The number of hydrogen-bond acceptors (Lipinski definition) is 4. The van der Waals surface area contributed by atoms with Crippen molar-refractivity contribution >= 4 is 12.1 Å². The standard InChI is InChI=1S/C23H23N3O3/c1-17(2)26-14-8-12-20(23(26)28)22(27)25-24-15-19-11-6-7-13-21(19)29-16-18-9-4-3-5-10-18/h3-15,17H,16H2,1-2H3,(H,25,27)/b24-15-. The predicted molar refractivity (Wildman–Crippen MR) is 113 cm³/mol. The quantitative estimate of drug-likeness (QED) is 0.494. The van der Waals surface area contributed by atoms with E-state index in [1.54, 1.807) is 12.3 Å². The number of amides is 1. The van der Waals surface area contributed by atoms with Crippen molar-refractivity contribution in [3.63, 3.8) is 0 Å². The molecule has 3 aromatic rings. The van der Waals surface area contributed by atoms with Gasteiger partial charge in [0.1, 0.15) is 17.9 Å². The fourth-order valence-electron chi connectivity index (χ4n) is 2.76. The Balaban J connectivity index is 1.69. The molecule has 6 heteroatoms. The van der Waals surface area contributed by atoms with Crippen molar-refractivity contribution in [3.8, 4) is 5.75 Å². The fourth-order valence-corrected chi connectivity index (χ4v) is 2.76. The summed E-state index contributed by atoms with van der Waals surface area (Å²) in [6.45, 7) is 4.19. The molecule has 1 heterocycles. The lowest BCUT2D eigenvalue weighted by Crippen LogP contribution is -2.31. The zero-order chi connectivity index (χ0) is 20.6. The van der Waals surface area contributed by atoms with Crippen molar-refractivity contribution < 1.29 is 9.53 Å². The summed E-state index contributed by atoms with van der Waals surface area (Å²) in [4.78, 5) is 24.7. The molecule has 0 spiro atoms. The van der Waals surface area contributed by atoms with Crippen molar-refractivity contribution in [2.75, 3.05) is 0 Å². The molecule has 2 aromatic carbocycles. The third-order valence-corrected chi connectivity index (χ3v) is 4.30. The van der Waals surface area contributed by atoms with E-state index >= 15 is 0 Å². The lowest BCUT2D eigenvalue weighted by atomic mass is 10.2. The number of hydrogen-bond donors (Lipinski definition) is 1. The molecule has 3 rings (SSSR count). The van der Waals surface area contributed by atoms with Gasteiger partial charge in [-0.25, -0.2) is 5.43 Å². The minimum Gasteiger partial charge on any atom is -0.488 e. The Bertz CT molecular complexity index is 1060. The second-order valence-electron chi connectivity index (χ2n) is 6.74. The summed E-state index contributed by atoms with van der Waals surface area (Å²) in [5, 5.41) is 4.00. The first-order chi connectivity index (χ1) is 14.1. The SMILES string of the molecule is CC(C)n1cccc(C(=O)N/N=C\c2ccccc2OCc2ccccc2)c1=O. The number of aromatic nitrogens is 1. The highest BCUT2D eigenvalue weighted by atomic mass is 16.5. The molecule has 0 radical (unpaired) electrons. The van der Waals surface area contributed by atoms with E-state index in [1.807, 2.05) is 68.4 Å². The maximum atomic E-state index is 12.4. The van der Waals surface area contributed by atoms with E-state index in [1.165, 1.54) is 16.8 Å². The number of pyridine rings is 1. The highest BCUT2D eigenvalue weighted by Crippen LogP contribution is 2.17. The second-order valence-corrected chi connectivity index (χ2v) is 6.74. The third-order valence-electron chi connectivity index (χ3n) is 4.30. The summed E-state index contributed by atoms with van der Waals surface area (Å²) >= 11 is 0. The molecule has 6 nitrogen and oxygen atoms in total. The van der Waals surface area contributed by atoms with Crippen LogP contribution in [0.5, 0.6) is 5.75 Å². The van der Waals surface area contributed by atoms with E-state index in [0.717, 1.165) is 11.1 Å². The first-order valence-electron chi connectivity index (χ1n) is 9.36. The molecule has 0 unspecified atom stereocenters. The number of rotatable bonds is 7. The molecular weight excluding hydrogens is 366 g/mol. The highest BCUT2D eigenvalue weighted by Gasteiger charge is 2.12. The fraction of sp³-hybridized carbons (Fsp3) is 0.174. The smallest absolute Gasteiger partial charge is 0.276 e. The van der Waals surface area contributed by atoms with Gasteiger partial charge < -0.3 is 9.30 Å². The number of nitrogens with zero attached hydrogens (tertiary/aromatic N) is 2. The Morgan fingerprint density at radius 2 is 1.79 bits per heavy atom. The highest BCUT2D eigenvalue weighted by molar-refractivity contribution is 5.94. The topological polar surface area (TPSA) is 72.7 Å². The summed E-state index contributed by atoms with van der Waals surface area (Å²) in [5.41, 5.74) is 3.89. The summed E-state index contributed by atoms with van der Waals surface area (Å²) in [5.74, 6) is 0.0974. The molecule has 0 aliphatic heterocycles. The molecule has 1 aromatic heterocycles. The van der Waals surface area contributed by atoms with Gasteiger partial charge in [0.15, 0.2) is 0 Å². The molecule has 148 valence electrons. The molecule has 29 heavy (non-hydrogen) atoms. The van der Waals surface area contributed by atoms with Crippen molar-refractivity contribution in [2.24, 2.45) is 5.10 Å². The molecular formula is C23H23N3O3. The molecule has 1 N–H and O–H groups in total. The largest absolute Gasteiger partial charge is 0.488 e. The Labute approximate surface area is 169 Å². The number of carbonyl (C=O) groups excluding carboxylic acids is 1. The van der Waals surface area contributed by atoms with Crippen LogP contribution in [0.2, 0.25) is 0 Å². The van der Waals surface area contributed by atoms with Gasteiger partial charge in [-0.1, -0.05) is 42.5 Å². The molecule has 0 aliphatic carbocycles. The van der Waals surface area contributed by atoms with Crippen molar-refractivity contribution in [3.05, 3.63) is 100.0 Å². The molecule has 0 aliphatic rings. The van der Waals surface area contributed by atoms with Crippen molar-refractivity contribution in [1.29, 1.82) is 0 Å². The molecule has 1 amide bonds. The van der Waals surface area contributed by atoms with E-state index in [9.17, 15) is 9.59 Å². The van der Waals surface area contributed by atoms with Crippen LogP contribution in [-0.2, 0) is 6.61 Å². The normalized spacial score (nSPS) is 11.0. The minimum absolute atomic E-state index is 0.0348. The van der Waals surface area contributed by atoms with Gasteiger partial charge in [-0.15, -0.1) is 0 Å². The van der Waals surface area contributed by atoms with Crippen LogP contribution in [0.3, 0.4) is 0 Å². The Morgan fingerprint density at radius 1 is 1.07 bits per heavy atom. The average Bonchev–Trinajstić information content (AvgIpc) is 2.73. The van der Waals surface area contributed by atoms with Gasteiger partial charge in [0.05, 0.1) is 6.21 Å². The molecule has 0 atom stereocenters. The zero-order valence-electron chi connectivity index (χ0n) is 16.4. The Kier molecular flexibility index (Phi) is 6.58. The Morgan fingerprint density at radius 3 is 2.55 bits per heavy atom. The van der Waals surface area contributed by atoms with E-state index < -0.39 is 5.91 Å². The molecule has 0 saturated heterocycles.